The van der Waals surface area contributed by atoms with Crippen molar-refractivity contribution in [2.75, 3.05) is 18.6 Å². The summed E-state index contributed by atoms with van der Waals surface area (Å²) in [6.45, 7) is 3.76. The Hall–Kier alpha value is -0.580. The van der Waals surface area contributed by atoms with E-state index in [9.17, 15) is 13.2 Å². The molecule has 1 atom stereocenters. The Morgan fingerprint density at radius 3 is 2.38 bits per heavy atom. The lowest BCUT2D eigenvalue weighted by Gasteiger charge is -2.07. The molecule has 78 valence electrons. The molecule has 1 unspecified atom stereocenters. The van der Waals surface area contributed by atoms with Gasteiger partial charge in [0.2, 0.25) is 0 Å². The number of carbonyl (C=O) groups excluding carboxylic acids is 1. The molecule has 0 N–H and O–H groups in total. The van der Waals surface area contributed by atoms with Gasteiger partial charge >= 0.3 is 5.97 Å². The number of esters is 1. The Morgan fingerprint density at radius 1 is 1.46 bits per heavy atom. The number of ether oxygens (including phenoxy) is 1. The predicted octanol–water partition coefficient (Wildman–Crippen LogP) is 0.620. The van der Waals surface area contributed by atoms with Gasteiger partial charge in [-0.25, -0.2) is 8.42 Å². The summed E-state index contributed by atoms with van der Waals surface area (Å²) in [4.78, 5) is 10.7. The predicted molar refractivity (Wildman–Crippen MR) is 50.1 cm³/mol. The number of rotatable bonds is 5. The van der Waals surface area contributed by atoms with Crippen LogP contribution in [0.1, 0.15) is 20.3 Å². The lowest BCUT2D eigenvalue weighted by molar-refractivity contribution is -0.137. The van der Waals surface area contributed by atoms with E-state index in [0.717, 1.165) is 6.42 Å². The molecule has 0 radical (unpaired) electrons. The Balaban J connectivity index is 4.17. The molecule has 0 aliphatic rings. The maximum atomic E-state index is 11.3. The van der Waals surface area contributed by atoms with Gasteiger partial charge in [0.25, 0.3) is 0 Å². The van der Waals surface area contributed by atoms with Gasteiger partial charge in [0.15, 0.2) is 9.84 Å². The second kappa shape index (κ2) is 5.21. The lowest BCUT2D eigenvalue weighted by Crippen LogP contribution is -2.22. The normalized spacial score (nSPS) is 13.8. The van der Waals surface area contributed by atoms with Crippen LogP contribution in [0.3, 0.4) is 0 Å². The van der Waals surface area contributed by atoms with E-state index in [2.05, 4.69) is 4.74 Å². The summed E-state index contributed by atoms with van der Waals surface area (Å²) in [5.74, 6) is -1.05. The van der Waals surface area contributed by atoms with Crippen LogP contribution >= 0.6 is 0 Å². The molecular formula is C8H16O4S. The Kier molecular flexibility index (Phi) is 4.98. The molecule has 4 nitrogen and oxygen atoms in total. The first kappa shape index (κ1) is 12.4. The largest absolute Gasteiger partial charge is 0.468 e. The fraction of sp³-hybridized carbons (Fsp3) is 0.875. The van der Waals surface area contributed by atoms with Crippen molar-refractivity contribution >= 4 is 15.8 Å². The minimum atomic E-state index is -3.28. The van der Waals surface area contributed by atoms with Crippen molar-refractivity contribution in [2.24, 2.45) is 5.92 Å². The van der Waals surface area contributed by atoms with E-state index in [0.29, 0.717) is 0 Å². The summed E-state index contributed by atoms with van der Waals surface area (Å²) < 4.78 is 26.8. The molecule has 0 saturated heterocycles. The topological polar surface area (TPSA) is 60.4 Å². The third kappa shape index (κ3) is 5.63. The van der Waals surface area contributed by atoms with Crippen LogP contribution in [0, 0.1) is 5.92 Å². The number of hydrogen-bond acceptors (Lipinski definition) is 4. The lowest BCUT2D eigenvalue weighted by atomic mass is 10.2. The highest BCUT2D eigenvalue weighted by atomic mass is 32.2. The molecular weight excluding hydrogens is 192 g/mol. The zero-order chi connectivity index (χ0) is 10.5. The quantitative estimate of drug-likeness (QED) is 0.621. The molecule has 0 aliphatic carbocycles. The average Bonchev–Trinajstić information content (AvgIpc) is 2.02. The number of hydrogen-bond donors (Lipinski definition) is 0. The van der Waals surface area contributed by atoms with Crippen molar-refractivity contribution in [2.45, 2.75) is 20.3 Å². The first-order chi connectivity index (χ1) is 5.91. The first-order valence-corrected chi connectivity index (χ1v) is 6.00. The van der Waals surface area contributed by atoms with Gasteiger partial charge in [-0.3, -0.25) is 4.79 Å². The van der Waals surface area contributed by atoms with Gasteiger partial charge in [-0.1, -0.05) is 20.3 Å². The van der Waals surface area contributed by atoms with Crippen LogP contribution < -0.4 is 0 Å². The highest BCUT2D eigenvalue weighted by molar-refractivity contribution is 7.92. The molecule has 0 spiro atoms. The van der Waals surface area contributed by atoms with Crippen molar-refractivity contribution in [1.29, 1.82) is 0 Å². The van der Waals surface area contributed by atoms with Crippen molar-refractivity contribution in [3.05, 3.63) is 0 Å². The van der Waals surface area contributed by atoms with Gasteiger partial charge in [0, 0.05) is 0 Å². The van der Waals surface area contributed by atoms with E-state index in [4.69, 9.17) is 0 Å². The summed E-state index contributed by atoms with van der Waals surface area (Å²) in [7, 11) is -2.10. The monoisotopic (exact) mass is 208 g/mol. The SMILES string of the molecule is CCC(C)CS(=O)(=O)CC(=O)OC. The van der Waals surface area contributed by atoms with Gasteiger partial charge in [0.1, 0.15) is 5.75 Å². The minimum absolute atomic E-state index is 0.0542. The van der Waals surface area contributed by atoms with E-state index in [1.54, 1.807) is 0 Å². The van der Waals surface area contributed by atoms with Crippen LogP contribution in [0.5, 0.6) is 0 Å². The second-order valence-electron chi connectivity index (χ2n) is 3.14. The Bertz CT molecular complexity index is 255. The molecule has 5 heteroatoms. The molecule has 0 aromatic rings. The van der Waals surface area contributed by atoms with Gasteiger partial charge in [-0.15, -0.1) is 0 Å². The summed E-state index contributed by atoms with van der Waals surface area (Å²) in [5, 5.41) is 0. The summed E-state index contributed by atoms with van der Waals surface area (Å²) in [5.41, 5.74) is 0. The maximum Gasteiger partial charge on any atom is 0.320 e. The smallest absolute Gasteiger partial charge is 0.320 e. The number of methoxy groups -OCH3 is 1. The Labute approximate surface area is 79.2 Å². The van der Waals surface area contributed by atoms with Crippen molar-refractivity contribution < 1.29 is 17.9 Å². The molecule has 0 rings (SSSR count). The summed E-state index contributed by atoms with van der Waals surface area (Å²) in [6.07, 6.45) is 0.792. The van der Waals surface area contributed by atoms with E-state index >= 15 is 0 Å². The van der Waals surface area contributed by atoms with Crippen LogP contribution in [-0.4, -0.2) is 33.0 Å². The third-order valence-electron chi connectivity index (χ3n) is 1.80. The van der Waals surface area contributed by atoms with Gasteiger partial charge in [0.05, 0.1) is 12.9 Å². The third-order valence-corrected chi connectivity index (χ3v) is 3.55. The van der Waals surface area contributed by atoms with Crippen LogP contribution in [0.2, 0.25) is 0 Å². The fourth-order valence-electron chi connectivity index (χ4n) is 0.849. The van der Waals surface area contributed by atoms with E-state index in [-0.39, 0.29) is 11.7 Å². The van der Waals surface area contributed by atoms with E-state index in [1.165, 1.54) is 7.11 Å². The molecule has 0 fully saturated rings. The average molecular weight is 208 g/mol. The van der Waals surface area contributed by atoms with Gasteiger partial charge in [-0.2, -0.15) is 0 Å². The minimum Gasteiger partial charge on any atom is -0.468 e. The summed E-state index contributed by atoms with van der Waals surface area (Å²) in [6, 6.07) is 0. The highest BCUT2D eigenvalue weighted by Crippen LogP contribution is 2.05. The van der Waals surface area contributed by atoms with E-state index in [1.807, 2.05) is 13.8 Å². The van der Waals surface area contributed by atoms with E-state index < -0.39 is 21.6 Å². The van der Waals surface area contributed by atoms with Gasteiger partial charge < -0.3 is 4.74 Å². The number of sulfone groups is 1. The second-order valence-corrected chi connectivity index (χ2v) is 5.25. The van der Waals surface area contributed by atoms with Crippen LogP contribution in [0.15, 0.2) is 0 Å². The standard InChI is InChI=1S/C8H16O4S/c1-4-7(2)5-13(10,11)6-8(9)12-3/h7H,4-6H2,1-3H3. The van der Waals surface area contributed by atoms with Crippen LogP contribution in [0.25, 0.3) is 0 Å². The number of carbonyl (C=O) groups is 1. The molecule has 0 aliphatic heterocycles. The molecule has 13 heavy (non-hydrogen) atoms. The maximum absolute atomic E-state index is 11.3. The van der Waals surface area contributed by atoms with Crippen molar-refractivity contribution in [3.8, 4) is 0 Å². The van der Waals surface area contributed by atoms with Crippen LogP contribution in [-0.2, 0) is 19.4 Å². The highest BCUT2D eigenvalue weighted by Gasteiger charge is 2.19. The van der Waals surface area contributed by atoms with Crippen LogP contribution in [0.4, 0.5) is 0 Å². The van der Waals surface area contributed by atoms with Gasteiger partial charge in [-0.05, 0) is 5.92 Å². The molecule has 0 bridgehead atoms. The molecule has 0 aromatic carbocycles. The van der Waals surface area contributed by atoms with Crippen molar-refractivity contribution in [3.63, 3.8) is 0 Å². The zero-order valence-corrected chi connectivity index (χ0v) is 9.06. The molecule has 0 saturated carbocycles. The first-order valence-electron chi connectivity index (χ1n) is 4.18. The fourth-order valence-corrected chi connectivity index (χ4v) is 2.55. The zero-order valence-electron chi connectivity index (χ0n) is 8.24. The Morgan fingerprint density at radius 2 is 2.00 bits per heavy atom. The summed E-state index contributed by atoms with van der Waals surface area (Å²) >= 11 is 0. The molecule has 0 aromatic heterocycles. The molecule has 0 heterocycles. The van der Waals surface area contributed by atoms with Crippen molar-refractivity contribution in [1.82, 2.24) is 0 Å². The molecule has 0 amide bonds.